The van der Waals surface area contributed by atoms with Crippen LogP contribution in [0.15, 0.2) is 36.5 Å². The Bertz CT molecular complexity index is 522. The van der Waals surface area contributed by atoms with Gasteiger partial charge in [0.15, 0.2) is 0 Å². The molecule has 0 radical (unpaired) electrons. The fourth-order valence-corrected chi connectivity index (χ4v) is 1.61. The third-order valence-corrected chi connectivity index (χ3v) is 2.55. The van der Waals surface area contributed by atoms with E-state index in [4.69, 9.17) is 5.73 Å². The van der Waals surface area contributed by atoms with Crippen molar-refractivity contribution < 1.29 is 13.2 Å². The van der Waals surface area contributed by atoms with Gasteiger partial charge in [0.1, 0.15) is 6.04 Å². The van der Waals surface area contributed by atoms with Crippen molar-refractivity contribution in [3.05, 3.63) is 42.1 Å². The normalized spacial score (nSPS) is 13.9. The van der Waals surface area contributed by atoms with Gasteiger partial charge in [0.2, 0.25) is 0 Å². The van der Waals surface area contributed by atoms with Crippen LogP contribution in [0, 0.1) is 0 Å². The highest BCUT2D eigenvalue weighted by atomic mass is 19.4. The van der Waals surface area contributed by atoms with Gasteiger partial charge in [-0.1, -0.05) is 18.2 Å². The van der Waals surface area contributed by atoms with Gasteiger partial charge in [-0.2, -0.15) is 13.2 Å². The highest BCUT2D eigenvalue weighted by Gasteiger charge is 2.36. The minimum Gasteiger partial charge on any atom is -0.320 e. The summed E-state index contributed by atoms with van der Waals surface area (Å²) in [5.74, 6) is 0. The van der Waals surface area contributed by atoms with Crippen molar-refractivity contribution in [2.75, 3.05) is 0 Å². The van der Waals surface area contributed by atoms with Crippen LogP contribution in [0.5, 0.6) is 0 Å². The fraction of sp³-hybridized carbons (Fsp3) is 0.250. The first-order valence-corrected chi connectivity index (χ1v) is 5.13. The second-order valence-corrected chi connectivity index (χ2v) is 3.88. The minimum absolute atomic E-state index is 0.226. The summed E-state index contributed by atoms with van der Waals surface area (Å²) >= 11 is 0. The number of alkyl halides is 3. The standard InChI is InChI=1S/C12H11F3N2/c13-12(14,15)11(16)7-8-3-4-9-2-1-5-17-10(9)6-8/h1-6,11H,7,16H2. The number of pyridine rings is 1. The number of rotatable bonds is 2. The summed E-state index contributed by atoms with van der Waals surface area (Å²) < 4.78 is 36.9. The number of nitrogens with zero attached hydrogens (tertiary/aromatic N) is 1. The average molecular weight is 240 g/mol. The number of nitrogens with two attached hydrogens (primary N) is 1. The Labute approximate surface area is 96.3 Å². The molecule has 0 saturated heterocycles. The Hall–Kier alpha value is -1.62. The molecule has 0 amide bonds. The van der Waals surface area contributed by atoms with Gasteiger partial charge in [-0.3, -0.25) is 4.98 Å². The lowest BCUT2D eigenvalue weighted by Gasteiger charge is -2.15. The van der Waals surface area contributed by atoms with E-state index in [1.165, 1.54) is 0 Å². The maximum Gasteiger partial charge on any atom is 0.403 e. The van der Waals surface area contributed by atoms with E-state index < -0.39 is 12.2 Å². The van der Waals surface area contributed by atoms with Crippen molar-refractivity contribution in [1.29, 1.82) is 0 Å². The van der Waals surface area contributed by atoms with Crippen LogP contribution in [0.4, 0.5) is 13.2 Å². The highest BCUT2D eigenvalue weighted by Crippen LogP contribution is 2.22. The average Bonchev–Trinajstić information content (AvgIpc) is 2.27. The quantitative estimate of drug-likeness (QED) is 0.876. The van der Waals surface area contributed by atoms with Crippen LogP contribution in [0.1, 0.15) is 5.56 Å². The van der Waals surface area contributed by atoms with E-state index >= 15 is 0 Å². The summed E-state index contributed by atoms with van der Waals surface area (Å²) in [6.45, 7) is 0. The first-order valence-electron chi connectivity index (χ1n) is 5.13. The molecule has 1 aromatic carbocycles. The smallest absolute Gasteiger partial charge is 0.320 e. The van der Waals surface area contributed by atoms with E-state index in [0.29, 0.717) is 11.1 Å². The SMILES string of the molecule is NC(Cc1ccc2cccnc2c1)C(F)(F)F. The van der Waals surface area contributed by atoms with Crippen molar-refractivity contribution in [3.63, 3.8) is 0 Å². The summed E-state index contributed by atoms with van der Waals surface area (Å²) in [7, 11) is 0. The minimum atomic E-state index is -4.36. The molecule has 17 heavy (non-hydrogen) atoms. The lowest BCUT2D eigenvalue weighted by atomic mass is 10.0. The van der Waals surface area contributed by atoms with Gasteiger partial charge in [0.05, 0.1) is 5.52 Å². The molecule has 2 rings (SSSR count). The summed E-state index contributed by atoms with van der Waals surface area (Å²) in [5.41, 5.74) is 6.30. The zero-order chi connectivity index (χ0) is 12.5. The molecule has 1 heterocycles. The van der Waals surface area contributed by atoms with Gasteiger partial charge in [0.25, 0.3) is 0 Å². The molecule has 0 aliphatic rings. The maximum absolute atomic E-state index is 12.3. The van der Waals surface area contributed by atoms with Crippen molar-refractivity contribution >= 4 is 10.9 Å². The molecule has 5 heteroatoms. The molecule has 1 aromatic heterocycles. The molecule has 0 aliphatic carbocycles. The molecular weight excluding hydrogens is 229 g/mol. The van der Waals surface area contributed by atoms with Crippen molar-refractivity contribution in [2.45, 2.75) is 18.6 Å². The van der Waals surface area contributed by atoms with Gasteiger partial charge in [-0.25, -0.2) is 0 Å². The van der Waals surface area contributed by atoms with E-state index in [2.05, 4.69) is 4.98 Å². The first-order chi connectivity index (χ1) is 7.97. The third-order valence-electron chi connectivity index (χ3n) is 2.55. The topological polar surface area (TPSA) is 38.9 Å². The number of aromatic nitrogens is 1. The van der Waals surface area contributed by atoms with Crippen LogP contribution in [-0.2, 0) is 6.42 Å². The number of fused-ring (bicyclic) bond motifs is 1. The second-order valence-electron chi connectivity index (χ2n) is 3.88. The van der Waals surface area contributed by atoms with Crippen LogP contribution < -0.4 is 5.73 Å². The molecule has 0 fully saturated rings. The number of hydrogen-bond acceptors (Lipinski definition) is 2. The van der Waals surface area contributed by atoms with Crippen molar-refractivity contribution in [2.24, 2.45) is 5.73 Å². The predicted molar refractivity (Wildman–Crippen MR) is 59.5 cm³/mol. The Balaban J connectivity index is 2.25. The Kier molecular flexibility index (Phi) is 3.02. The van der Waals surface area contributed by atoms with Crippen LogP contribution in [0.25, 0.3) is 10.9 Å². The van der Waals surface area contributed by atoms with Crippen LogP contribution >= 0.6 is 0 Å². The summed E-state index contributed by atoms with van der Waals surface area (Å²) in [5, 5.41) is 0.900. The Morgan fingerprint density at radius 3 is 2.71 bits per heavy atom. The van der Waals surface area contributed by atoms with Gasteiger partial charge < -0.3 is 5.73 Å². The van der Waals surface area contributed by atoms with E-state index in [9.17, 15) is 13.2 Å². The summed E-state index contributed by atoms with van der Waals surface area (Å²) in [6.07, 6.45) is -2.98. The molecule has 2 aromatic rings. The van der Waals surface area contributed by atoms with E-state index in [1.54, 1.807) is 30.5 Å². The Morgan fingerprint density at radius 1 is 1.24 bits per heavy atom. The van der Waals surface area contributed by atoms with Crippen LogP contribution in [0.2, 0.25) is 0 Å². The molecule has 0 spiro atoms. The number of halogens is 3. The van der Waals surface area contributed by atoms with Crippen molar-refractivity contribution in [1.82, 2.24) is 4.98 Å². The molecule has 2 N–H and O–H groups in total. The first kappa shape index (κ1) is 11.9. The Morgan fingerprint density at radius 2 is 2.00 bits per heavy atom. The summed E-state index contributed by atoms with van der Waals surface area (Å²) in [4.78, 5) is 4.09. The highest BCUT2D eigenvalue weighted by molar-refractivity contribution is 5.78. The van der Waals surface area contributed by atoms with E-state index in [0.717, 1.165) is 5.39 Å². The van der Waals surface area contributed by atoms with Crippen LogP contribution in [-0.4, -0.2) is 17.2 Å². The zero-order valence-corrected chi connectivity index (χ0v) is 8.91. The number of benzene rings is 1. The van der Waals surface area contributed by atoms with Gasteiger partial charge >= 0.3 is 6.18 Å². The van der Waals surface area contributed by atoms with Crippen LogP contribution in [0.3, 0.4) is 0 Å². The maximum atomic E-state index is 12.3. The molecule has 1 atom stereocenters. The van der Waals surface area contributed by atoms with Gasteiger partial charge in [-0.05, 0) is 24.1 Å². The third kappa shape index (κ3) is 2.74. The van der Waals surface area contributed by atoms with E-state index in [1.807, 2.05) is 6.07 Å². The molecule has 90 valence electrons. The second kappa shape index (κ2) is 4.33. The molecular formula is C12H11F3N2. The van der Waals surface area contributed by atoms with Gasteiger partial charge in [0, 0.05) is 11.6 Å². The monoisotopic (exact) mass is 240 g/mol. The molecule has 1 unspecified atom stereocenters. The largest absolute Gasteiger partial charge is 0.403 e. The zero-order valence-electron chi connectivity index (χ0n) is 8.91. The van der Waals surface area contributed by atoms with Crippen molar-refractivity contribution in [3.8, 4) is 0 Å². The number of hydrogen-bond donors (Lipinski definition) is 1. The molecule has 2 nitrogen and oxygen atoms in total. The molecule has 0 aliphatic heterocycles. The molecule has 0 bridgehead atoms. The van der Waals surface area contributed by atoms with Gasteiger partial charge in [-0.15, -0.1) is 0 Å². The fourth-order valence-electron chi connectivity index (χ4n) is 1.61. The lowest BCUT2D eigenvalue weighted by molar-refractivity contribution is -0.147. The van der Waals surface area contributed by atoms with E-state index in [-0.39, 0.29) is 6.42 Å². The predicted octanol–water partition coefficient (Wildman–Crippen LogP) is 2.67. The molecule has 0 saturated carbocycles. The lowest BCUT2D eigenvalue weighted by Crippen LogP contribution is -2.39. The summed E-state index contributed by atoms with van der Waals surface area (Å²) in [6, 6.07) is 6.85.